The number of hydrogen-bond donors (Lipinski definition) is 2. The van der Waals surface area contributed by atoms with Crippen LogP contribution >= 0.6 is 11.8 Å². The molecule has 0 saturated carbocycles. The molecule has 3 rings (SSSR count). The van der Waals surface area contributed by atoms with E-state index >= 15 is 0 Å². The van der Waals surface area contributed by atoms with E-state index in [4.69, 9.17) is 4.74 Å². The van der Waals surface area contributed by atoms with Crippen LogP contribution in [0.4, 0.5) is 13.6 Å². The van der Waals surface area contributed by atoms with Crippen molar-refractivity contribution in [2.45, 2.75) is 50.5 Å². The van der Waals surface area contributed by atoms with E-state index in [1.54, 1.807) is 20.8 Å². The highest BCUT2D eigenvalue weighted by Gasteiger charge is 2.34. The first-order valence-electron chi connectivity index (χ1n) is 9.61. The van der Waals surface area contributed by atoms with E-state index in [2.05, 4.69) is 10.1 Å². The Balaban J connectivity index is 1.92. The number of nitrogens with one attached hydrogen (secondary N) is 1. The highest BCUT2D eigenvalue weighted by molar-refractivity contribution is 7.99. The molecule has 11 heteroatoms. The Bertz CT molecular complexity index is 1080. The first kappa shape index (κ1) is 23.6. The number of halogens is 2. The number of carboxylic acid groups (broad SMARTS) is 1. The number of ether oxygens (including phenoxy) is 2. The molecule has 1 aromatic carbocycles. The molecule has 1 amide bonds. The minimum atomic E-state index is -2.95. The first-order valence-corrected chi connectivity index (χ1v) is 10.6. The maximum Gasteiger partial charge on any atom is 0.408 e. The summed E-state index contributed by atoms with van der Waals surface area (Å²) in [6, 6.07) is 4.96. The summed E-state index contributed by atoms with van der Waals surface area (Å²) in [4.78, 5) is 37.5. The van der Waals surface area contributed by atoms with E-state index in [1.807, 2.05) is 0 Å². The Hall–Kier alpha value is -3.08. The number of hydrogen-bond acceptors (Lipinski definition) is 6. The number of nitrogens with zero attached hydrogens (tertiary/aromatic N) is 1. The second-order valence-electron chi connectivity index (χ2n) is 8.06. The van der Waals surface area contributed by atoms with Crippen LogP contribution in [0, 0.1) is 0 Å². The fourth-order valence-electron chi connectivity index (χ4n) is 3.19. The maximum atomic E-state index is 13.2. The zero-order valence-corrected chi connectivity index (χ0v) is 18.4. The number of carbonyl (C=O) groups is 2. The molecule has 0 radical (unpaired) electrons. The van der Waals surface area contributed by atoms with Gasteiger partial charge in [-0.3, -0.25) is 4.79 Å². The number of fused-ring (bicyclic) bond motifs is 1. The van der Waals surface area contributed by atoms with Crippen LogP contribution in [0.5, 0.6) is 5.75 Å². The smallest absolute Gasteiger partial charge is 0.408 e. The predicted molar refractivity (Wildman–Crippen MR) is 113 cm³/mol. The number of alkyl carbamates (subject to hydrolysis) is 1. The first-order chi connectivity index (χ1) is 14.9. The Morgan fingerprint density at radius 1 is 1.28 bits per heavy atom. The molecule has 32 heavy (non-hydrogen) atoms. The van der Waals surface area contributed by atoms with Crippen molar-refractivity contribution in [1.29, 1.82) is 0 Å². The van der Waals surface area contributed by atoms with Crippen molar-refractivity contribution in [2.75, 3.05) is 5.75 Å². The lowest BCUT2D eigenvalue weighted by atomic mass is 10.1. The summed E-state index contributed by atoms with van der Waals surface area (Å²) in [5, 5.41) is 12.3. The molecule has 1 aromatic heterocycles. The minimum Gasteiger partial charge on any atom is -0.478 e. The van der Waals surface area contributed by atoms with Gasteiger partial charge in [-0.05, 0) is 38.5 Å². The van der Waals surface area contributed by atoms with E-state index in [9.17, 15) is 28.3 Å². The van der Waals surface area contributed by atoms with Gasteiger partial charge in [-0.15, -0.1) is 11.8 Å². The van der Waals surface area contributed by atoms with Gasteiger partial charge < -0.3 is 24.5 Å². The molecule has 2 N–H and O–H groups in total. The molecule has 1 aliphatic heterocycles. The van der Waals surface area contributed by atoms with Crippen molar-refractivity contribution in [3.05, 3.63) is 57.5 Å². The summed E-state index contributed by atoms with van der Waals surface area (Å²) in [6.07, 6.45) is 0.535. The number of aromatic nitrogens is 1. The van der Waals surface area contributed by atoms with Crippen molar-refractivity contribution in [3.8, 4) is 5.75 Å². The SMILES string of the molecule is CC(C)(C)OC(=O)N[C@H]1CSc2c(C(=O)O)cn(Cc3ccc(OC(F)F)cc3)c(=O)c21. The van der Waals surface area contributed by atoms with Crippen LogP contribution in [0.15, 0.2) is 40.2 Å². The maximum absolute atomic E-state index is 13.2. The summed E-state index contributed by atoms with van der Waals surface area (Å²) >= 11 is 1.18. The molecular formula is C21H22F2N2O6S. The average molecular weight is 468 g/mol. The lowest BCUT2D eigenvalue weighted by molar-refractivity contribution is -0.0498. The van der Waals surface area contributed by atoms with E-state index < -0.39 is 35.9 Å². The average Bonchev–Trinajstić information content (AvgIpc) is 3.07. The zero-order chi connectivity index (χ0) is 23.6. The van der Waals surface area contributed by atoms with Gasteiger partial charge in [-0.25, -0.2) is 9.59 Å². The number of rotatable bonds is 6. The number of carboxylic acids is 1. The van der Waals surface area contributed by atoms with Gasteiger partial charge in [0.15, 0.2) is 0 Å². The molecule has 1 aliphatic rings. The van der Waals surface area contributed by atoms with Crippen molar-refractivity contribution >= 4 is 23.8 Å². The van der Waals surface area contributed by atoms with Crippen molar-refractivity contribution < 1.29 is 33.0 Å². The van der Waals surface area contributed by atoms with Crippen molar-refractivity contribution in [2.24, 2.45) is 0 Å². The third-order valence-electron chi connectivity index (χ3n) is 4.43. The predicted octanol–water partition coefficient (Wildman–Crippen LogP) is 3.87. The summed E-state index contributed by atoms with van der Waals surface area (Å²) in [7, 11) is 0. The number of benzene rings is 1. The molecule has 2 aromatic rings. The molecule has 0 saturated heterocycles. The van der Waals surface area contributed by atoms with Crippen LogP contribution in [0.1, 0.15) is 48.3 Å². The second kappa shape index (κ2) is 9.19. The van der Waals surface area contributed by atoms with Gasteiger partial charge in [0, 0.05) is 16.8 Å². The van der Waals surface area contributed by atoms with Gasteiger partial charge in [0.2, 0.25) is 0 Å². The van der Waals surface area contributed by atoms with Crippen LogP contribution in [-0.4, -0.2) is 39.7 Å². The zero-order valence-electron chi connectivity index (χ0n) is 17.6. The molecule has 0 aliphatic carbocycles. The van der Waals surface area contributed by atoms with E-state index in [0.717, 1.165) is 0 Å². The molecule has 172 valence electrons. The van der Waals surface area contributed by atoms with E-state index in [-0.39, 0.29) is 29.2 Å². The minimum absolute atomic E-state index is 0.00514. The lowest BCUT2D eigenvalue weighted by Gasteiger charge is -2.22. The van der Waals surface area contributed by atoms with Crippen LogP contribution in [0.25, 0.3) is 0 Å². The molecular weight excluding hydrogens is 446 g/mol. The normalized spacial score (nSPS) is 15.4. The van der Waals surface area contributed by atoms with Crippen molar-refractivity contribution in [3.63, 3.8) is 0 Å². The Kier molecular flexibility index (Phi) is 6.77. The quantitative estimate of drug-likeness (QED) is 0.663. The van der Waals surface area contributed by atoms with E-state index in [0.29, 0.717) is 10.5 Å². The highest BCUT2D eigenvalue weighted by atomic mass is 32.2. The van der Waals surface area contributed by atoms with Crippen LogP contribution < -0.4 is 15.6 Å². The number of pyridine rings is 1. The van der Waals surface area contributed by atoms with E-state index in [1.165, 1.54) is 46.8 Å². The third-order valence-corrected chi connectivity index (χ3v) is 5.66. The van der Waals surface area contributed by atoms with Gasteiger partial charge in [0.25, 0.3) is 5.56 Å². The molecule has 0 bridgehead atoms. The van der Waals surface area contributed by atoms with Crippen LogP contribution in [0.2, 0.25) is 0 Å². The van der Waals surface area contributed by atoms with Gasteiger partial charge in [-0.1, -0.05) is 12.1 Å². The molecule has 0 spiro atoms. The number of aromatic carboxylic acids is 1. The van der Waals surface area contributed by atoms with Crippen LogP contribution in [0.3, 0.4) is 0 Å². The van der Waals surface area contributed by atoms with Gasteiger partial charge in [0.05, 0.1) is 23.7 Å². The number of thioether (sulfide) groups is 1. The van der Waals surface area contributed by atoms with Gasteiger partial charge in [0.1, 0.15) is 11.4 Å². The Morgan fingerprint density at radius 2 is 1.94 bits per heavy atom. The van der Waals surface area contributed by atoms with Crippen molar-refractivity contribution in [1.82, 2.24) is 9.88 Å². The Morgan fingerprint density at radius 3 is 2.50 bits per heavy atom. The number of amides is 1. The summed E-state index contributed by atoms with van der Waals surface area (Å²) in [5.74, 6) is -0.955. The fraction of sp³-hybridized carbons (Fsp3) is 0.381. The monoisotopic (exact) mass is 468 g/mol. The van der Waals surface area contributed by atoms with Gasteiger partial charge in [-0.2, -0.15) is 8.78 Å². The number of alkyl halides is 2. The standard InChI is InChI=1S/C21H22F2N2O6S/c1-21(2,3)31-20(29)24-14-10-32-16-13(18(27)28)9-25(17(26)15(14)16)8-11-4-6-12(7-5-11)30-19(22)23/h4-7,9,14,19H,8,10H2,1-3H3,(H,24,29)(H,27,28)/t14-/m0/s1. The van der Waals surface area contributed by atoms with Gasteiger partial charge >= 0.3 is 18.7 Å². The molecule has 1 atom stereocenters. The largest absolute Gasteiger partial charge is 0.478 e. The molecule has 0 fully saturated rings. The molecule has 8 nitrogen and oxygen atoms in total. The topological polar surface area (TPSA) is 107 Å². The summed E-state index contributed by atoms with van der Waals surface area (Å²) < 4.78 is 35.4. The lowest BCUT2D eigenvalue weighted by Crippen LogP contribution is -2.38. The highest BCUT2D eigenvalue weighted by Crippen LogP contribution is 2.38. The van der Waals surface area contributed by atoms with Crippen LogP contribution in [-0.2, 0) is 11.3 Å². The summed E-state index contributed by atoms with van der Waals surface area (Å²) in [5.41, 5.74) is -0.493. The fourth-order valence-corrected chi connectivity index (χ4v) is 4.45. The molecule has 2 heterocycles. The second-order valence-corrected chi connectivity index (χ2v) is 9.09. The summed E-state index contributed by atoms with van der Waals surface area (Å²) in [6.45, 7) is 2.17. The number of carbonyl (C=O) groups excluding carboxylic acids is 1. The molecule has 0 unspecified atom stereocenters. The third kappa shape index (κ3) is 5.58. The Labute approximate surface area is 186 Å².